The number of amides is 1. The molecule has 1 aliphatic heterocycles. The van der Waals surface area contributed by atoms with Gasteiger partial charge < -0.3 is 14.2 Å². The molecule has 6 heteroatoms. The van der Waals surface area contributed by atoms with E-state index in [2.05, 4.69) is 6.58 Å². The van der Waals surface area contributed by atoms with Crippen LogP contribution in [0, 0.1) is 19.8 Å². The van der Waals surface area contributed by atoms with Crippen LogP contribution in [-0.2, 0) is 27.3 Å². The molecule has 158 valence electrons. The number of ether oxygens (including phenoxy) is 1. The second kappa shape index (κ2) is 9.11. The molecule has 1 fully saturated rings. The summed E-state index contributed by atoms with van der Waals surface area (Å²) >= 11 is 0. The van der Waals surface area contributed by atoms with E-state index in [1.54, 1.807) is 17.0 Å². The predicted octanol–water partition coefficient (Wildman–Crippen LogP) is 3.63. The summed E-state index contributed by atoms with van der Waals surface area (Å²) in [5.74, 6) is -1.42. The number of nitrogens with zero attached hydrogens (tertiary/aromatic N) is 2. The molecule has 0 aliphatic carbocycles. The number of anilines is 1. The van der Waals surface area contributed by atoms with E-state index in [-0.39, 0.29) is 31.3 Å². The Morgan fingerprint density at radius 2 is 2.00 bits per heavy atom. The van der Waals surface area contributed by atoms with Gasteiger partial charge in [0.2, 0.25) is 11.7 Å². The number of Topliss-reactive ketones (excluding diaryl/α,β-unsaturated/α-hetero) is 1. The molecule has 0 saturated carbocycles. The van der Waals surface area contributed by atoms with Crippen molar-refractivity contribution in [2.45, 2.75) is 40.2 Å². The molecule has 2 aromatic rings. The number of carbonyl (C=O) groups excluding carboxylic acids is 3. The number of ketones is 1. The van der Waals surface area contributed by atoms with E-state index in [1.807, 2.05) is 49.6 Å². The Morgan fingerprint density at radius 1 is 1.27 bits per heavy atom. The first-order chi connectivity index (χ1) is 14.4. The maximum absolute atomic E-state index is 12.6. The highest BCUT2D eigenvalue weighted by Crippen LogP contribution is 2.29. The number of benzene rings is 1. The summed E-state index contributed by atoms with van der Waals surface area (Å²) in [6.07, 6.45) is 2.67. The van der Waals surface area contributed by atoms with Crippen molar-refractivity contribution in [1.29, 1.82) is 0 Å². The number of hydrogen-bond donors (Lipinski definition) is 0. The zero-order chi connectivity index (χ0) is 21.8. The van der Waals surface area contributed by atoms with Gasteiger partial charge in [0.15, 0.2) is 6.61 Å². The van der Waals surface area contributed by atoms with Gasteiger partial charge in [0, 0.05) is 42.1 Å². The molecule has 1 saturated heterocycles. The lowest BCUT2D eigenvalue weighted by atomic mass is 10.1. The quantitative estimate of drug-likeness (QED) is 0.380. The van der Waals surface area contributed by atoms with Gasteiger partial charge in [-0.05, 0) is 38.0 Å². The Balaban J connectivity index is 1.63. The first kappa shape index (κ1) is 21.6. The molecule has 1 aromatic heterocycles. The highest BCUT2D eigenvalue weighted by molar-refractivity contribution is 6.01. The summed E-state index contributed by atoms with van der Waals surface area (Å²) in [4.78, 5) is 39.3. The number of aromatic nitrogens is 1. The number of carbonyl (C=O) groups is 3. The van der Waals surface area contributed by atoms with E-state index >= 15 is 0 Å². The number of esters is 1. The van der Waals surface area contributed by atoms with Crippen molar-refractivity contribution in [1.82, 2.24) is 4.57 Å². The largest absolute Gasteiger partial charge is 0.457 e. The van der Waals surface area contributed by atoms with E-state index < -0.39 is 11.9 Å². The molecule has 0 bridgehead atoms. The molecule has 1 aliphatic rings. The average molecular weight is 408 g/mol. The maximum Gasteiger partial charge on any atom is 0.311 e. The van der Waals surface area contributed by atoms with Crippen molar-refractivity contribution in [3.05, 3.63) is 65.5 Å². The summed E-state index contributed by atoms with van der Waals surface area (Å²) in [6.45, 7) is 10.1. The summed E-state index contributed by atoms with van der Waals surface area (Å²) in [6, 6.07) is 9.50. The van der Waals surface area contributed by atoms with Crippen molar-refractivity contribution < 1.29 is 19.1 Å². The molecule has 6 nitrogen and oxygen atoms in total. The Bertz CT molecular complexity index is 989. The highest BCUT2D eigenvalue weighted by atomic mass is 16.5. The smallest absolute Gasteiger partial charge is 0.311 e. The van der Waals surface area contributed by atoms with Crippen LogP contribution in [0.5, 0.6) is 0 Å². The summed E-state index contributed by atoms with van der Waals surface area (Å²) in [7, 11) is 0. The normalized spacial score (nSPS) is 16.0. The molecular formula is C24H28N2O4. The van der Waals surface area contributed by atoms with Gasteiger partial charge in [0.25, 0.3) is 0 Å². The van der Waals surface area contributed by atoms with Crippen molar-refractivity contribution in [2.75, 3.05) is 18.1 Å². The van der Waals surface area contributed by atoms with Gasteiger partial charge >= 0.3 is 5.97 Å². The number of allylic oxidation sites excluding steroid dienone is 1. The predicted molar refractivity (Wildman–Crippen MR) is 116 cm³/mol. The zero-order valence-corrected chi connectivity index (χ0v) is 17.8. The van der Waals surface area contributed by atoms with Crippen molar-refractivity contribution in [2.24, 2.45) is 5.92 Å². The van der Waals surface area contributed by atoms with Gasteiger partial charge in [0.05, 0.1) is 5.92 Å². The number of para-hydroxylation sites is 1. The van der Waals surface area contributed by atoms with Crippen molar-refractivity contribution in [3.8, 4) is 0 Å². The fourth-order valence-corrected chi connectivity index (χ4v) is 4.00. The van der Waals surface area contributed by atoms with Crippen molar-refractivity contribution in [3.63, 3.8) is 0 Å². The fraction of sp³-hybridized carbons (Fsp3) is 0.375. The van der Waals surface area contributed by atoms with Gasteiger partial charge in [-0.15, -0.1) is 6.58 Å². The minimum atomic E-state index is -0.566. The number of hydrogen-bond acceptors (Lipinski definition) is 4. The fourth-order valence-electron chi connectivity index (χ4n) is 4.00. The van der Waals surface area contributed by atoms with Crippen LogP contribution < -0.4 is 4.90 Å². The molecule has 0 N–H and O–H groups in total. The van der Waals surface area contributed by atoms with Gasteiger partial charge in [-0.3, -0.25) is 14.4 Å². The van der Waals surface area contributed by atoms with Gasteiger partial charge in [-0.2, -0.15) is 0 Å². The Kier molecular flexibility index (Phi) is 6.55. The SMILES string of the molecule is C=CCn1c(C)cc(C(=O)COC(=O)[C@@H]2CC(=O)N(c3ccccc3CC)C2)c1C. The van der Waals surface area contributed by atoms with E-state index in [9.17, 15) is 14.4 Å². The molecular weight excluding hydrogens is 380 g/mol. The Hall–Kier alpha value is -3.15. The second-order valence-electron chi connectivity index (χ2n) is 7.60. The molecule has 2 heterocycles. The molecule has 3 rings (SSSR count). The third-order valence-corrected chi connectivity index (χ3v) is 5.65. The minimum absolute atomic E-state index is 0.0962. The Morgan fingerprint density at radius 3 is 2.70 bits per heavy atom. The van der Waals surface area contributed by atoms with E-state index in [1.165, 1.54) is 0 Å². The number of aryl methyl sites for hydroxylation is 2. The van der Waals surface area contributed by atoms with Gasteiger partial charge in [-0.1, -0.05) is 31.2 Å². The monoisotopic (exact) mass is 408 g/mol. The zero-order valence-electron chi connectivity index (χ0n) is 17.8. The van der Waals surface area contributed by atoms with Gasteiger partial charge in [0.1, 0.15) is 0 Å². The van der Waals surface area contributed by atoms with E-state index in [4.69, 9.17) is 4.74 Å². The summed E-state index contributed by atoms with van der Waals surface area (Å²) in [5.41, 5.74) is 4.22. The topological polar surface area (TPSA) is 68.6 Å². The van der Waals surface area contributed by atoms with Gasteiger partial charge in [-0.25, -0.2) is 0 Å². The van der Waals surface area contributed by atoms with Crippen LogP contribution in [-0.4, -0.2) is 35.4 Å². The van der Waals surface area contributed by atoms with Crippen molar-refractivity contribution >= 4 is 23.3 Å². The Labute approximate surface area is 177 Å². The molecule has 0 radical (unpaired) electrons. The second-order valence-corrected chi connectivity index (χ2v) is 7.60. The maximum atomic E-state index is 12.6. The van der Waals surface area contributed by atoms with Crippen LogP contribution in [0.1, 0.15) is 40.7 Å². The lowest BCUT2D eigenvalue weighted by molar-refractivity contribution is -0.147. The molecule has 30 heavy (non-hydrogen) atoms. The average Bonchev–Trinajstić information content (AvgIpc) is 3.26. The first-order valence-corrected chi connectivity index (χ1v) is 10.2. The highest BCUT2D eigenvalue weighted by Gasteiger charge is 2.37. The summed E-state index contributed by atoms with van der Waals surface area (Å²) < 4.78 is 7.29. The standard InChI is InChI=1S/C24H28N2O4/c1-5-11-25-16(3)12-20(17(25)4)22(27)15-30-24(29)19-13-23(28)26(14-19)21-10-8-7-9-18(21)6-2/h5,7-10,12,19H,1,6,11,13-15H2,2-4H3/t19-/m1/s1. The molecule has 0 unspecified atom stereocenters. The molecule has 1 aromatic carbocycles. The van der Waals surface area contributed by atoms with Crippen LogP contribution in [0.25, 0.3) is 0 Å². The molecule has 1 atom stereocenters. The lowest BCUT2D eigenvalue weighted by Crippen LogP contribution is -2.28. The summed E-state index contributed by atoms with van der Waals surface area (Å²) in [5, 5.41) is 0. The van der Waals surface area contributed by atoms with E-state index in [0.717, 1.165) is 29.1 Å². The van der Waals surface area contributed by atoms with Crippen LogP contribution >= 0.6 is 0 Å². The van der Waals surface area contributed by atoms with Crippen LogP contribution in [0.2, 0.25) is 0 Å². The molecule has 0 spiro atoms. The minimum Gasteiger partial charge on any atom is -0.457 e. The first-order valence-electron chi connectivity index (χ1n) is 10.2. The lowest BCUT2D eigenvalue weighted by Gasteiger charge is -2.19. The number of rotatable bonds is 8. The third kappa shape index (κ3) is 4.22. The third-order valence-electron chi connectivity index (χ3n) is 5.65. The molecule has 1 amide bonds. The van der Waals surface area contributed by atoms with Crippen LogP contribution in [0.4, 0.5) is 5.69 Å². The van der Waals surface area contributed by atoms with E-state index in [0.29, 0.717) is 12.1 Å². The van der Waals surface area contributed by atoms with Crippen LogP contribution in [0.3, 0.4) is 0 Å². The van der Waals surface area contributed by atoms with Crippen LogP contribution in [0.15, 0.2) is 43.0 Å².